The van der Waals surface area contributed by atoms with Gasteiger partial charge in [0.1, 0.15) is 0 Å². The number of benzene rings is 1. The molecule has 0 heterocycles. The maximum absolute atomic E-state index is 12.2. The van der Waals surface area contributed by atoms with Crippen LogP contribution in [0.3, 0.4) is 0 Å². The molecule has 1 saturated carbocycles. The standard InChI is InChI=1S/C13H18BrNO3S/c1-2-3-10-7-12(10)15-19(17,18)13-5-4-9(8-16)6-11(13)14/h4-6,10,12,15-16H,2-3,7-8H2,1H3. The van der Waals surface area contributed by atoms with Crippen molar-refractivity contribution in [1.82, 2.24) is 4.72 Å². The summed E-state index contributed by atoms with van der Waals surface area (Å²) in [6.07, 6.45) is 3.08. The Hall–Kier alpha value is -0.430. The highest BCUT2D eigenvalue weighted by Crippen LogP contribution is 2.36. The summed E-state index contributed by atoms with van der Waals surface area (Å²) in [5.74, 6) is 0.482. The van der Waals surface area contributed by atoms with Crippen LogP contribution in [-0.2, 0) is 16.6 Å². The van der Waals surface area contributed by atoms with Crippen molar-refractivity contribution >= 4 is 26.0 Å². The number of nitrogens with one attached hydrogen (secondary N) is 1. The Balaban J connectivity index is 2.12. The maximum atomic E-state index is 12.2. The molecule has 4 nitrogen and oxygen atoms in total. The van der Waals surface area contributed by atoms with Gasteiger partial charge in [-0.2, -0.15) is 0 Å². The number of aliphatic hydroxyl groups is 1. The molecule has 2 N–H and O–H groups in total. The molecular formula is C13H18BrNO3S. The van der Waals surface area contributed by atoms with Crippen molar-refractivity contribution in [3.8, 4) is 0 Å². The molecule has 0 spiro atoms. The molecule has 1 aromatic carbocycles. The highest BCUT2D eigenvalue weighted by molar-refractivity contribution is 9.10. The zero-order valence-electron chi connectivity index (χ0n) is 10.8. The van der Waals surface area contributed by atoms with Crippen LogP contribution in [0.4, 0.5) is 0 Å². The lowest BCUT2D eigenvalue weighted by Gasteiger charge is -2.09. The number of sulfonamides is 1. The summed E-state index contributed by atoms with van der Waals surface area (Å²) in [6, 6.07) is 4.85. The zero-order valence-corrected chi connectivity index (χ0v) is 13.2. The van der Waals surface area contributed by atoms with Gasteiger partial charge in [0, 0.05) is 10.5 Å². The van der Waals surface area contributed by atoms with Gasteiger partial charge in [0.25, 0.3) is 0 Å². The van der Waals surface area contributed by atoms with Gasteiger partial charge in [0.2, 0.25) is 10.0 Å². The fourth-order valence-electron chi connectivity index (χ4n) is 2.21. The number of hydrogen-bond acceptors (Lipinski definition) is 3. The van der Waals surface area contributed by atoms with Gasteiger partial charge < -0.3 is 5.11 Å². The molecule has 2 unspecified atom stereocenters. The summed E-state index contributed by atoms with van der Waals surface area (Å²) in [5, 5.41) is 9.02. The maximum Gasteiger partial charge on any atom is 0.241 e. The predicted molar refractivity (Wildman–Crippen MR) is 77.2 cm³/mol. The minimum atomic E-state index is -3.48. The molecule has 2 rings (SSSR count). The van der Waals surface area contributed by atoms with Crippen LogP contribution < -0.4 is 4.72 Å². The number of halogens is 1. The molecule has 0 saturated heterocycles. The summed E-state index contributed by atoms with van der Waals surface area (Å²) in [5.41, 5.74) is 0.682. The Bertz CT molecular complexity index is 559. The number of hydrogen-bond donors (Lipinski definition) is 2. The van der Waals surface area contributed by atoms with Gasteiger partial charge in [0.15, 0.2) is 0 Å². The van der Waals surface area contributed by atoms with Crippen molar-refractivity contribution in [2.45, 2.75) is 43.7 Å². The van der Waals surface area contributed by atoms with Gasteiger partial charge in [0.05, 0.1) is 11.5 Å². The van der Waals surface area contributed by atoms with Crippen molar-refractivity contribution in [1.29, 1.82) is 0 Å². The van der Waals surface area contributed by atoms with Crippen LogP contribution in [-0.4, -0.2) is 19.6 Å². The topological polar surface area (TPSA) is 66.4 Å². The first-order valence-electron chi connectivity index (χ1n) is 6.39. The van der Waals surface area contributed by atoms with E-state index in [0.29, 0.717) is 16.0 Å². The van der Waals surface area contributed by atoms with E-state index in [-0.39, 0.29) is 17.5 Å². The Morgan fingerprint density at radius 3 is 2.79 bits per heavy atom. The SMILES string of the molecule is CCCC1CC1NS(=O)(=O)c1ccc(CO)cc1Br. The normalized spacial score (nSPS) is 22.5. The molecule has 19 heavy (non-hydrogen) atoms. The van der Waals surface area contributed by atoms with Gasteiger partial charge in [-0.05, 0) is 52.4 Å². The predicted octanol–water partition coefficient (Wildman–Crippen LogP) is 2.41. The fourth-order valence-corrected chi connectivity index (χ4v) is 4.65. The van der Waals surface area contributed by atoms with E-state index in [9.17, 15) is 8.42 Å². The van der Waals surface area contributed by atoms with Gasteiger partial charge in [-0.15, -0.1) is 0 Å². The summed E-state index contributed by atoms with van der Waals surface area (Å²) < 4.78 is 27.7. The Kier molecular flexibility index (Phi) is 4.66. The summed E-state index contributed by atoms with van der Waals surface area (Å²) >= 11 is 3.25. The molecule has 1 aliphatic carbocycles. The molecule has 1 aromatic rings. The van der Waals surface area contributed by atoms with Gasteiger partial charge in [-0.25, -0.2) is 13.1 Å². The zero-order chi connectivity index (χ0) is 14.0. The van der Waals surface area contributed by atoms with Gasteiger partial charge >= 0.3 is 0 Å². The number of rotatable bonds is 6. The molecule has 106 valence electrons. The second-order valence-electron chi connectivity index (χ2n) is 4.94. The minimum Gasteiger partial charge on any atom is -0.392 e. The van der Waals surface area contributed by atoms with Crippen molar-refractivity contribution in [3.05, 3.63) is 28.2 Å². The van der Waals surface area contributed by atoms with Crippen LogP contribution >= 0.6 is 15.9 Å². The first kappa shape index (κ1) is 15.0. The van der Waals surface area contributed by atoms with Gasteiger partial charge in [-0.3, -0.25) is 0 Å². The van der Waals surface area contributed by atoms with E-state index >= 15 is 0 Å². The second kappa shape index (κ2) is 5.91. The van der Waals surface area contributed by atoms with Crippen molar-refractivity contribution in [3.63, 3.8) is 0 Å². The third-order valence-electron chi connectivity index (χ3n) is 3.36. The van der Waals surface area contributed by atoms with Crippen LogP contribution in [0, 0.1) is 5.92 Å². The lowest BCUT2D eigenvalue weighted by Crippen LogP contribution is -2.27. The van der Waals surface area contributed by atoms with Crippen molar-refractivity contribution in [2.24, 2.45) is 5.92 Å². The van der Waals surface area contributed by atoms with Crippen molar-refractivity contribution in [2.75, 3.05) is 0 Å². The largest absolute Gasteiger partial charge is 0.392 e. The van der Waals surface area contributed by atoms with Crippen LogP contribution in [0.25, 0.3) is 0 Å². The quantitative estimate of drug-likeness (QED) is 0.830. The minimum absolute atomic E-state index is 0.0781. The molecule has 0 aromatic heterocycles. The monoisotopic (exact) mass is 347 g/mol. The number of aliphatic hydroxyl groups excluding tert-OH is 1. The Morgan fingerprint density at radius 1 is 1.47 bits per heavy atom. The van der Waals surface area contributed by atoms with E-state index in [1.165, 1.54) is 6.07 Å². The Morgan fingerprint density at radius 2 is 2.21 bits per heavy atom. The average molecular weight is 348 g/mol. The van der Waals surface area contributed by atoms with E-state index in [2.05, 4.69) is 27.6 Å². The molecule has 2 atom stereocenters. The lowest BCUT2D eigenvalue weighted by molar-refractivity contribution is 0.281. The summed E-state index contributed by atoms with van der Waals surface area (Å²) in [4.78, 5) is 0.229. The smallest absolute Gasteiger partial charge is 0.241 e. The lowest BCUT2D eigenvalue weighted by atomic mass is 10.2. The summed E-state index contributed by atoms with van der Waals surface area (Å²) in [6.45, 7) is 2.00. The molecule has 0 amide bonds. The molecule has 0 bridgehead atoms. The molecule has 6 heteroatoms. The van der Waals surface area contributed by atoms with E-state index < -0.39 is 10.0 Å². The highest BCUT2D eigenvalue weighted by Gasteiger charge is 2.39. The molecule has 1 aliphatic rings. The van der Waals surface area contributed by atoms with E-state index in [0.717, 1.165) is 19.3 Å². The van der Waals surface area contributed by atoms with E-state index in [1.807, 2.05) is 0 Å². The third kappa shape index (κ3) is 3.56. The van der Waals surface area contributed by atoms with Crippen LogP contribution in [0.5, 0.6) is 0 Å². The summed E-state index contributed by atoms with van der Waals surface area (Å²) in [7, 11) is -3.48. The first-order chi connectivity index (χ1) is 8.97. The molecule has 1 fully saturated rings. The Labute approximate surface area is 122 Å². The van der Waals surface area contributed by atoms with E-state index in [1.54, 1.807) is 12.1 Å². The second-order valence-corrected chi connectivity index (χ2v) is 7.47. The third-order valence-corrected chi connectivity index (χ3v) is 5.82. The average Bonchev–Trinajstić information content (AvgIpc) is 3.06. The van der Waals surface area contributed by atoms with Crippen LogP contribution in [0.1, 0.15) is 31.7 Å². The molecule has 0 radical (unpaired) electrons. The van der Waals surface area contributed by atoms with Crippen molar-refractivity contribution < 1.29 is 13.5 Å². The fraction of sp³-hybridized carbons (Fsp3) is 0.538. The highest BCUT2D eigenvalue weighted by atomic mass is 79.9. The van der Waals surface area contributed by atoms with Crippen LogP contribution in [0.15, 0.2) is 27.6 Å². The molecular weight excluding hydrogens is 330 g/mol. The van der Waals surface area contributed by atoms with Gasteiger partial charge in [-0.1, -0.05) is 19.4 Å². The molecule has 0 aliphatic heterocycles. The van der Waals surface area contributed by atoms with Crippen LogP contribution in [0.2, 0.25) is 0 Å². The van der Waals surface area contributed by atoms with E-state index in [4.69, 9.17) is 5.11 Å². The first-order valence-corrected chi connectivity index (χ1v) is 8.67.